The van der Waals surface area contributed by atoms with Crippen molar-refractivity contribution in [1.29, 1.82) is 0 Å². The number of amides is 1. The van der Waals surface area contributed by atoms with Crippen LogP contribution in [-0.2, 0) is 30.6 Å². The molecule has 2 rings (SSSR count). The molecule has 1 aliphatic heterocycles. The van der Waals surface area contributed by atoms with Gasteiger partial charge >= 0.3 is 0 Å². The van der Waals surface area contributed by atoms with E-state index in [9.17, 15) is 4.79 Å². The van der Waals surface area contributed by atoms with Gasteiger partial charge in [0.05, 0.1) is 12.1 Å². The Morgan fingerprint density at radius 3 is 3.00 bits per heavy atom. The number of aromatic nitrogens is 2. The molecule has 17 heavy (non-hydrogen) atoms. The van der Waals surface area contributed by atoms with Gasteiger partial charge in [0.1, 0.15) is 5.82 Å². The topological polar surface area (TPSA) is 80.9 Å². The van der Waals surface area contributed by atoms with Crippen molar-refractivity contribution in [1.82, 2.24) is 15.3 Å². The van der Waals surface area contributed by atoms with Gasteiger partial charge in [-0.25, -0.2) is 9.97 Å². The minimum absolute atomic E-state index is 0.136. The lowest BCUT2D eigenvalue weighted by Gasteiger charge is -2.19. The molecule has 0 spiro atoms. The molecule has 1 aromatic rings. The number of rotatable bonds is 4. The van der Waals surface area contributed by atoms with Gasteiger partial charge in [0.2, 0.25) is 5.91 Å². The van der Waals surface area contributed by atoms with Gasteiger partial charge in [-0.1, -0.05) is 13.3 Å². The number of fused-ring (bicyclic) bond motifs is 1. The van der Waals surface area contributed by atoms with Gasteiger partial charge in [0.15, 0.2) is 0 Å². The van der Waals surface area contributed by atoms with Crippen LogP contribution in [0.1, 0.15) is 36.1 Å². The summed E-state index contributed by atoms with van der Waals surface area (Å²) in [5.74, 6) is 0.197. The first-order valence-electron chi connectivity index (χ1n) is 6.07. The Kier molecular flexibility index (Phi) is 3.68. The van der Waals surface area contributed by atoms with E-state index in [1.54, 1.807) is 0 Å². The normalized spacial score (nSPS) is 14.4. The number of hydrogen-bond donors (Lipinski definition) is 2. The number of nitrogens with zero attached hydrogens (tertiary/aromatic N) is 2. The van der Waals surface area contributed by atoms with E-state index in [1.165, 1.54) is 5.56 Å². The van der Waals surface area contributed by atoms with Crippen LogP contribution >= 0.6 is 0 Å². The Labute approximate surface area is 101 Å². The average molecular weight is 234 g/mol. The average Bonchev–Trinajstić information content (AvgIpc) is 2.28. The van der Waals surface area contributed by atoms with Crippen LogP contribution in [0.2, 0.25) is 0 Å². The molecule has 1 amide bonds. The summed E-state index contributed by atoms with van der Waals surface area (Å²) in [6.07, 6.45) is 3.01. The summed E-state index contributed by atoms with van der Waals surface area (Å²) < 4.78 is 0. The van der Waals surface area contributed by atoms with Gasteiger partial charge < -0.3 is 11.1 Å². The fraction of sp³-hybridized carbons (Fsp3) is 0.583. The molecule has 0 aromatic carbocycles. The van der Waals surface area contributed by atoms with Crippen LogP contribution in [0, 0.1) is 0 Å². The van der Waals surface area contributed by atoms with E-state index in [1.807, 2.05) is 0 Å². The molecule has 1 aromatic heterocycles. The van der Waals surface area contributed by atoms with E-state index in [4.69, 9.17) is 5.73 Å². The van der Waals surface area contributed by atoms with Gasteiger partial charge in [-0.15, -0.1) is 0 Å². The van der Waals surface area contributed by atoms with Crippen molar-refractivity contribution in [3.8, 4) is 0 Å². The van der Waals surface area contributed by atoms with Crippen LogP contribution < -0.4 is 11.1 Å². The minimum Gasteiger partial charge on any atom is -0.369 e. The number of nitrogens with two attached hydrogens (primary N) is 1. The second kappa shape index (κ2) is 5.23. The molecule has 1 aliphatic rings. The van der Waals surface area contributed by atoms with E-state index in [-0.39, 0.29) is 12.3 Å². The van der Waals surface area contributed by atoms with Crippen molar-refractivity contribution >= 4 is 5.91 Å². The number of primary amides is 1. The van der Waals surface area contributed by atoms with Crippen molar-refractivity contribution < 1.29 is 4.79 Å². The zero-order valence-electron chi connectivity index (χ0n) is 10.1. The maximum Gasteiger partial charge on any atom is 0.225 e. The number of nitrogens with one attached hydrogen (secondary N) is 1. The molecule has 0 unspecified atom stereocenters. The van der Waals surface area contributed by atoms with Gasteiger partial charge in [-0.05, 0) is 6.42 Å². The molecule has 92 valence electrons. The number of carbonyl (C=O) groups excluding carboxylic acids is 1. The maximum atomic E-state index is 10.9. The largest absolute Gasteiger partial charge is 0.369 e. The van der Waals surface area contributed by atoms with Crippen molar-refractivity contribution in [3.63, 3.8) is 0 Å². The molecule has 5 heteroatoms. The summed E-state index contributed by atoms with van der Waals surface area (Å²) in [7, 11) is 0. The molecular weight excluding hydrogens is 216 g/mol. The van der Waals surface area contributed by atoms with Crippen LogP contribution in [0.15, 0.2) is 0 Å². The van der Waals surface area contributed by atoms with E-state index >= 15 is 0 Å². The van der Waals surface area contributed by atoms with E-state index in [2.05, 4.69) is 22.2 Å². The fourth-order valence-corrected chi connectivity index (χ4v) is 2.15. The summed E-state index contributed by atoms with van der Waals surface area (Å²) in [4.78, 5) is 19.8. The highest BCUT2D eigenvalue weighted by Gasteiger charge is 2.17. The molecule has 0 aliphatic carbocycles. The molecule has 0 atom stereocenters. The SMILES string of the molecule is CCCc1nc(CC(N)=O)nc2c1CNCC2. The monoisotopic (exact) mass is 234 g/mol. The summed E-state index contributed by atoms with van der Waals surface area (Å²) in [6, 6.07) is 0. The molecular formula is C12H18N4O. The smallest absolute Gasteiger partial charge is 0.225 e. The molecule has 0 saturated carbocycles. The third-order valence-electron chi connectivity index (χ3n) is 2.88. The zero-order chi connectivity index (χ0) is 12.3. The Bertz CT molecular complexity index is 431. The minimum atomic E-state index is -0.374. The Balaban J connectivity index is 2.37. The van der Waals surface area contributed by atoms with Crippen molar-refractivity contribution in [2.24, 2.45) is 5.73 Å². The molecule has 2 heterocycles. The quantitative estimate of drug-likeness (QED) is 0.774. The van der Waals surface area contributed by atoms with Crippen molar-refractivity contribution in [2.75, 3.05) is 6.54 Å². The van der Waals surface area contributed by atoms with E-state index < -0.39 is 0 Å². The Hall–Kier alpha value is -1.49. The first-order chi connectivity index (χ1) is 8.20. The lowest BCUT2D eigenvalue weighted by molar-refractivity contribution is -0.117. The highest BCUT2D eigenvalue weighted by Crippen LogP contribution is 2.17. The standard InChI is InChI=1S/C12H18N4O/c1-2-3-9-8-7-14-5-4-10(8)16-12(15-9)6-11(13)17/h14H,2-7H2,1H3,(H2,13,17). The molecule has 0 radical (unpaired) electrons. The predicted octanol–water partition coefficient (Wildman–Crippen LogP) is 0.103. The Morgan fingerprint density at radius 2 is 2.29 bits per heavy atom. The van der Waals surface area contributed by atoms with Crippen LogP contribution in [0.4, 0.5) is 0 Å². The van der Waals surface area contributed by atoms with E-state index in [0.29, 0.717) is 5.82 Å². The first kappa shape index (κ1) is 12.0. The van der Waals surface area contributed by atoms with Crippen LogP contribution in [0.25, 0.3) is 0 Å². The van der Waals surface area contributed by atoms with Crippen LogP contribution in [0.3, 0.4) is 0 Å². The second-order valence-electron chi connectivity index (χ2n) is 4.33. The number of hydrogen-bond acceptors (Lipinski definition) is 4. The second-order valence-corrected chi connectivity index (χ2v) is 4.33. The highest BCUT2D eigenvalue weighted by atomic mass is 16.1. The van der Waals surface area contributed by atoms with Crippen molar-refractivity contribution in [3.05, 3.63) is 22.8 Å². The summed E-state index contributed by atoms with van der Waals surface area (Å²) >= 11 is 0. The Morgan fingerprint density at radius 1 is 1.47 bits per heavy atom. The maximum absolute atomic E-state index is 10.9. The fourth-order valence-electron chi connectivity index (χ4n) is 2.15. The lowest BCUT2D eigenvalue weighted by Crippen LogP contribution is -2.28. The summed E-state index contributed by atoms with van der Waals surface area (Å²) in [5, 5.41) is 3.33. The molecule has 0 saturated heterocycles. The summed E-state index contributed by atoms with van der Waals surface area (Å²) in [5.41, 5.74) is 8.56. The molecule has 3 N–H and O–H groups in total. The van der Waals surface area contributed by atoms with E-state index in [0.717, 1.165) is 43.7 Å². The van der Waals surface area contributed by atoms with Crippen molar-refractivity contribution in [2.45, 2.75) is 39.2 Å². The third kappa shape index (κ3) is 2.79. The molecule has 0 bridgehead atoms. The van der Waals surface area contributed by atoms with Gasteiger partial charge in [0, 0.05) is 30.8 Å². The summed E-state index contributed by atoms with van der Waals surface area (Å²) in [6.45, 7) is 3.89. The first-order valence-corrected chi connectivity index (χ1v) is 6.07. The number of carbonyl (C=O) groups is 1. The highest BCUT2D eigenvalue weighted by molar-refractivity contribution is 5.75. The lowest BCUT2D eigenvalue weighted by atomic mass is 10.0. The van der Waals surface area contributed by atoms with Crippen LogP contribution in [-0.4, -0.2) is 22.4 Å². The van der Waals surface area contributed by atoms with Gasteiger partial charge in [-0.2, -0.15) is 0 Å². The zero-order valence-corrected chi connectivity index (χ0v) is 10.1. The molecule has 5 nitrogen and oxygen atoms in total. The van der Waals surface area contributed by atoms with Crippen LogP contribution in [0.5, 0.6) is 0 Å². The predicted molar refractivity (Wildman–Crippen MR) is 64.3 cm³/mol. The molecule has 0 fully saturated rings. The third-order valence-corrected chi connectivity index (χ3v) is 2.88. The van der Waals surface area contributed by atoms with Gasteiger partial charge in [0.25, 0.3) is 0 Å². The number of aryl methyl sites for hydroxylation is 1. The van der Waals surface area contributed by atoms with Gasteiger partial charge in [-0.3, -0.25) is 4.79 Å².